The molecule has 2 aromatic carbocycles. The van der Waals surface area contributed by atoms with Crippen LogP contribution in [0.15, 0.2) is 54.9 Å². The summed E-state index contributed by atoms with van der Waals surface area (Å²) < 4.78 is 18.8. The van der Waals surface area contributed by atoms with Gasteiger partial charge >= 0.3 is 12.0 Å². The van der Waals surface area contributed by atoms with Gasteiger partial charge in [0, 0.05) is 10.7 Å². The summed E-state index contributed by atoms with van der Waals surface area (Å²) >= 11 is 6.02. The van der Waals surface area contributed by atoms with Gasteiger partial charge in [0.2, 0.25) is 0 Å². The van der Waals surface area contributed by atoms with Crippen LogP contribution >= 0.6 is 11.6 Å². The van der Waals surface area contributed by atoms with E-state index >= 15 is 0 Å². The second-order valence-electron chi connectivity index (χ2n) is 5.33. The molecule has 2 amide bonds. The van der Waals surface area contributed by atoms with Crippen molar-refractivity contribution < 1.29 is 13.9 Å². The van der Waals surface area contributed by atoms with Crippen molar-refractivity contribution in [2.45, 2.75) is 6.92 Å². The molecular weight excluding hydrogens is 359 g/mol. The van der Waals surface area contributed by atoms with Crippen molar-refractivity contribution >= 4 is 29.0 Å². The molecule has 3 rings (SSSR count). The minimum Gasteiger partial charge on any atom is -0.421 e. The van der Waals surface area contributed by atoms with Crippen molar-refractivity contribution in [3.8, 4) is 11.8 Å². The fourth-order valence-electron chi connectivity index (χ4n) is 2.02. The molecule has 6 nitrogen and oxygen atoms in total. The van der Waals surface area contributed by atoms with E-state index in [0.717, 1.165) is 5.56 Å². The van der Waals surface area contributed by atoms with Gasteiger partial charge in [0.15, 0.2) is 11.6 Å². The molecular formula is C18H14ClFN4O2. The summed E-state index contributed by atoms with van der Waals surface area (Å²) in [7, 11) is 0. The molecule has 0 aliphatic carbocycles. The number of nitrogens with zero attached hydrogens (tertiary/aromatic N) is 2. The maximum absolute atomic E-state index is 13.5. The molecule has 132 valence electrons. The van der Waals surface area contributed by atoms with Crippen LogP contribution in [0, 0.1) is 12.7 Å². The summed E-state index contributed by atoms with van der Waals surface area (Å²) in [6.45, 7) is 1.87. The maximum Gasteiger partial charge on any atom is 0.323 e. The molecule has 2 N–H and O–H groups in total. The molecule has 0 atom stereocenters. The number of aromatic nitrogens is 2. The summed E-state index contributed by atoms with van der Waals surface area (Å²) in [5, 5.41) is 5.78. The normalized spacial score (nSPS) is 10.3. The highest BCUT2D eigenvalue weighted by Gasteiger charge is 2.08. The van der Waals surface area contributed by atoms with E-state index < -0.39 is 11.8 Å². The molecule has 0 saturated carbocycles. The maximum atomic E-state index is 13.5. The van der Waals surface area contributed by atoms with Crippen LogP contribution in [-0.2, 0) is 0 Å². The van der Waals surface area contributed by atoms with Crippen LogP contribution in [0.3, 0.4) is 0 Å². The predicted molar refractivity (Wildman–Crippen MR) is 97.3 cm³/mol. The molecule has 1 aromatic heterocycles. The third kappa shape index (κ3) is 4.46. The first-order chi connectivity index (χ1) is 12.5. The topological polar surface area (TPSA) is 76.1 Å². The minimum atomic E-state index is -0.519. The Labute approximate surface area is 154 Å². The highest BCUT2D eigenvalue weighted by molar-refractivity contribution is 6.31. The Balaban J connectivity index is 1.61. The number of amides is 2. The van der Waals surface area contributed by atoms with Crippen LogP contribution in [0.2, 0.25) is 5.02 Å². The predicted octanol–water partition coefficient (Wildman–Crippen LogP) is 5.01. The van der Waals surface area contributed by atoms with Gasteiger partial charge in [0.05, 0.1) is 18.1 Å². The number of carbonyl (C=O) groups excluding carboxylic acids is 1. The summed E-state index contributed by atoms with van der Waals surface area (Å²) in [6, 6.07) is 10.6. The standard InChI is InChI=1S/C18H14ClFN4O2/c1-11-6-7-12(8-14(11)19)23-17(25)24-13-9-21-18(22-10-13)26-16-5-3-2-4-15(16)20/h2-10H,1H3,(H2,23,24,25). The second kappa shape index (κ2) is 7.79. The van der Waals surface area contributed by atoms with Crippen LogP contribution in [-0.4, -0.2) is 16.0 Å². The van der Waals surface area contributed by atoms with Crippen molar-refractivity contribution in [3.63, 3.8) is 0 Å². The molecule has 0 aliphatic rings. The smallest absolute Gasteiger partial charge is 0.323 e. The first kappa shape index (κ1) is 17.6. The third-order valence-corrected chi connectivity index (χ3v) is 3.76. The molecule has 0 fully saturated rings. The minimum absolute atomic E-state index is 0.0159. The second-order valence-corrected chi connectivity index (χ2v) is 5.74. The van der Waals surface area contributed by atoms with Crippen LogP contribution in [0.4, 0.5) is 20.6 Å². The fraction of sp³-hybridized carbons (Fsp3) is 0.0556. The van der Waals surface area contributed by atoms with Crippen molar-refractivity contribution in [2.24, 2.45) is 0 Å². The quantitative estimate of drug-likeness (QED) is 0.674. The summed E-state index contributed by atoms with van der Waals surface area (Å²) in [4.78, 5) is 19.9. The lowest BCUT2D eigenvalue weighted by molar-refractivity contribution is 0.262. The lowest BCUT2D eigenvalue weighted by Crippen LogP contribution is -2.19. The van der Waals surface area contributed by atoms with E-state index in [4.69, 9.17) is 16.3 Å². The van der Waals surface area contributed by atoms with Crippen LogP contribution in [0.1, 0.15) is 5.56 Å². The van der Waals surface area contributed by atoms with Crippen molar-refractivity contribution in [1.82, 2.24) is 9.97 Å². The van der Waals surface area contributed by atoms with E-state index in [-0.39, 0.29) is 11.8 Å². The highest BCUT2D eigenvalue weighted by atomic mass is 35.5. The molecule has 1 heterocycles. The Kier molecular flexibility index (Phi) is 5.28. The van der Waals surface area contributed by atoms with Crippen LogP contribution in [0.5, 0.6) is 11.8 Å². The molecule has 8 heteroatoms. The van der Waals surface area contributed by atoms with Crippen LogP contribution in [0.25, 0.3) is 0 Å². The van der Waals surface area contributed by atoms with Gasteiger partial charge in [-0.05, 0) is 36.8 Å². The number of carbonyl (C=O) groups is 1. The van der Waals surface area contributed by atoms with Crippen molar-refractivity contribution in [1.29, 1.82) is 0 Å². The molecule has 0 bridgehead atoms. The summed E-state index contributed by atoms with van der Waals surface area (Å²) in [5.74, 6) is -0.503. The fourth-order valence-corrected chi connectivity index (χ4v) is 2.20. The number of urea groups is 1. The van der Waals surface area contributed by atoms with Crippen molar-refractivity contribution in [2.75, 3.05) is 10.6 Å². The van der Waals surface area contributed by atoms with Gasteiger partial charge in [0.1, 0.15) is 0 Å². The molecule has 0 aliphatic heterocycles. The van der Waals surface area contributed by atoms with Gasteiger partial charge in [-0.15, -0.1) is 0 Å². The Morgan fingerprint density at radius 3 is 2.46 bits per heavy atom. The zero-order valence-electron chi connectivity index (χ0n) is 13.7. The van der Waals surface area contributed by atoms with Gasteiger partial charge in [-0.2, -0.15) is 0 Å². The molecule has 0 radical (unpaired) electrons. The van der Waals surface area contributed by atoms with Gasteiger partial charge in [-0.3, -0.25) is 0 Å². The lowest BCUT2D eigenvalue weighted by atomic mass is 10.2. The number of halogens is 2. The first-order valence-corrected chi connectivity index (χ1v) is 7.97. The van der Waals surface area contributed by atoms with E-state index in [2.05, 4.69) is 20.6 Å². The first-order valence-electron chi connectivity index (χ1n) is 7.60. The monoisotopic (exact) mass is 372 g/mol. The number of benzene rings is 2. The van der Waals surface area contributed by atoms with E-state index in [9.17, 15) is 9.18 Å². The summed E-state index contributed by atoms with van der Waals surface area (Å²) in [5.41, 5.74) is 1.82. The van der Waals surface area contributed by atoms with E-state index in [0.29, 0.717) is 16.4 Å². The van der Waals surface area contributed by atoms with Gasteiger partial charge < -0.3 is 15.4 Å². The van der Waals surface area contributed by atoms with Crippen molar-refractivity contribution in [3.05, 3.63) is 71.3 Å². The average Bonchev–Trinajstić information content (AvgIpc) is 2.62. The Bertz CT molecular complexity index is 935. The van der Waals surface area contributed by atoms with Gasteiger partial charge in [0.25, 0.3) is 0 Å². The molecule has 0 unspecified atom stereocenters. The molecule has 0 saturated heterocycles. The number of aryl methyl sites for hydroxylation is 1. The number of anilines is 2. The third-order valence-electron chi connectivity index (χ3n) is 3.35. The zero-order chi connectivity index (χ0) is 18.5. The SMILES string of the molecule is Cc1ccc(NC(=O)Nc2cnc(Oc3ccccc3F)nc2)cc1Cl. The average molecular weight is 373 g/mol. The summed E-state index contributed by atoms with van der Waals surface area (Å²) in [6.07, 6.45) is 2.70. The highest BCUT2D eigenvalue weighted by Crippen LogP contribution is 2.22. The number of para-hydroxylation sites is 1. The molecule has 26 heavy (non-hydrogen) atoms. The van der Waals surface area contributed by atoms with E-state index in [1.54, 1.807) is 30.3 Å². The zero-order valence-corrected chi connectivity index (χ0v) is 14.4. The largest absolute Gasteiger partial charge is 0.421 e. The number of hydrogen-bond acceptors (Lipinski definition) is 4. The van der Waals surface area contributed by atoms with Gasteiger partial charge in [-0.25, -0.2) is 19.2 Å². The Morgan fingerprint density at radius 1 is 1.08 bits per heavy atom. The Hall–Kier alpha value is -3.19. The Morgan fingerprint density at radius 2 is 1.77 bits per heavy atom. The number of rotatable bonds is 4. The van der Waals surface area contributed by atoms with Gasteiger partial charge in [-0.1, -0.05) is 29.8 Å². The number of nitrogens with one attached hydrogen (secondary N) is 2. The number of ether oxygens (including phenoxy) is 1. The molecule has 0 spiro atoms. The van der Waals surface area contributed by atoms with E-state index in [1.807, 2.05) is 6.92 Å². The van der Waals surface area contributed by atoms with Crippen LogP contribution < -0.4 is 15.4 Å². The lowest BCUT2D eigenvalue weighted by Gasteiger charge is -2.09. The van der Waals surface area contributed by atoms with E-state index in [1.165, 1.54) is 24.5 Å². The molecule has 3 aromatic rings. The number of hydrogen-bond donors (Lipinski definition) is 2.